The molecule has 0 aromatic heterocycles. The van der Waals surface area contributed by atoms with Crippen molar-refractivity contribution < 1.29 is 5.11 Å². The van der Waals surface area contributed by atoms with E-state index in [1.807, 2.05) is 12.1 Å². The second-order valence-electron chi connectivity index (χ2n) is 6.21. The van der Waals surface area contributed by atoms with Crippen molar-refractivity contribution in [1.82, 2.24) is 0 Å². The summed E-state index contributed by atoms with van der Waals surface area (Å²) in [7, 11) is 0. The van der Waals surface area contributed by atoms with E-state index in [2.05, 4.69) is 6.08 Å². The average molecular weight is 256 g/mol. The van der Waals surface area contributed by atoms with E-state index in [1.165, 1.54) is 62.5 Å². The molecule has 1 nitrogen and oxygen atoms in total. The lowest BCUT2D eigenvalue weighted by molar-refractivity contribution is 0.235. The molecule has 0 spiro atoms. The van der Waals surface area contributed by atoms with Gasteiger partial charge in [-0.2, -0.15) is 0 Å². The van der Waals surface area contributed by atoms with Crippen LogP contribution < -0.4 is 0 Å². The Morgan fingerprint density at radius 3 is 2.21 bits per heavy atom. The molecule has 0 amide bonds. The van der Waals surface area contributed by atoms with E-state index in [1.54, 1.807) is 12.1 Å². The molecule has 3 rings (SSSR count). The number of aromatic hydroxyl groups is 1. The van der Waals surface area contributed by atoms with Crippen LogP contribution in [0.3, 0.4) is 0 Å². The van der Waals surface area contributed by atoms with Crippen LogP contribution in [0.5, 0.6) is 5.75 Å². The maximum Gasteiger partial charge on any atom is 0.115 e. The van der Waals surface area contributed by atoms with Gasteiger partial charge in [0.1, 0.15) is 5.75 Å². The van der Waals surface area contributed by atoms with Crippen LogP contribution in [0.4, 0.5) is 0 Å². The minimum Gasteiger partial charge on any atom is -0.508 e. The van der Waals surface area contributed by atoms with E-state index in [4.69, 9.17) is 0 Å². The molecule has 0 bridgehead atoms. The van der Waals surface area contributed by atoms with E-state index < -0.39 is 0 Å². The van der Waals surface area contributed by atoms with E-state index >= 15 is 0 Å². The maximum absolute atomic E-state index is 9.35. The van der Waals surface area contributed by atoms with Gasteiger partial charge in [-0.15, -0.1) is 0 Å². The Hall–Kier alpha value is -1.24. The van der Waals surface area contributed by atoms with Crippen molar-refractivity contribution in [3.05, 3.63) is 35.9 Å². The summed E-state index contributed by atoms with van der Waals surface area (Å²) in [5, 5.41) is 9.35. The summed E-state index contributed by atoms with van der Waals surface area (Å²) in [6.45, 7) is 0. The van der Waals surface area contributed by atoms with Crippen molar-refractivity contribution >= 4 is 5.57 Å². The van der Waals surface area contributed by atoms with Gasteiger partial charge < -0.3 is 5.11 Å². The number of hydrogen-bond donors (Lipinski definition) is 1. The molecular weight excluding hydrogens is 232 g/mol. The molecule has 0 radical (unpaired) electrons. The molecule has 1 N–H and O–H groups in total. The van der Waals surface area contributed by atoms with Gasteiger partial charge in [-0.25, -0.2) is 0 Å². The Morgan fingerprint density at radius 2 is 1.58 bits per heavy atom. The zero-order valence-corrected chi connectivity index (χ0v) is 11.6. The van der Waals surface area contributed by atoms with Crippen molar-refractivity contribution in [2.45, 2.75) is 51.4 Å². The zero-order chi connectivity index (χ0) is 13.1. The van der Waals surface area contributed by atoms with Gasteiger partial charge in [-0.05, 0) is 54.4 Å². The first-order chi connectivity index (χ1) is 9.33. The molecule has 1 atom stereocenters. The van der Waals surface area contributed by atoms with Gasteiger partial charge in [0, 0.05) is 0 Å². The molecule has 1 aromatic carbocycles. The normalized spacial score (nSPS) is 25.1. The molecule has 1 fully saturated rings. The topological polar surface area (TPSA) is 20.2 Å². The lowest BCUT2D eigenvalue weighted by atomic mass is 9.73. The highest BCUT2D eigenvalue weighted by molar-refractivity contribution is 5.66. The first kappa shape index (κ1) is 12.8. The molecule has 1 aromatic rings. The molecule has 19 heavy (non-hydrogen) atoms. The number of hydrogen-bond acceptors (Lipinski definition) is 1. The van der Waals surface area contributed by atoms with E-state index in [0.29, 0.717) is 5.75 Å². The van der Waals surface area contributed by atoms with E-state index in [0.717, 1.165) is 11.8 Å². The first-order valence-corrected chi connectivity index (χ1v) is 7.81. The van der Waals surface area contributed by atoms with Crippen LogP contribution in [0.1, 0.15) is 56.9 Å². The third kappa shape index (κ3) is 3.02. The predicted octanol–water partition coefficient (Wildman–Crippen LogP) is 5.16. The van der Waals surface area contributed by atoms with Gasteiger partial charge >= 0.3 is 0 Å². The van der Waals surface area contributed by atoms with Crippen LogP contribution in [0.15, 0.2) is 30.3 Å². The van der Waals surface area contributed by atoms with Gasteiger partial charge in [-0.3, -0.25) is 0 Å². The van der Waals surface area contributed by atoms with Gasteiger partial charge in [-0.1, -0.05) is 50.3 Å². The highest BCUT2D eigenvalue weighted by atomic mass is 16.3. The number of phenolic OH excluding ortho intramolecular Hbond substituents is 1. The summed E-state index contributed by atoms with van der Waals surface area (Å²) >= 11 is 0. The molecule has 1 saturated carbocycles. The van der Waals surface area contributed by atoms with E-state index in [9.17, 15) is 5.11 Å². The highest BCUT2D eigenvalue weighted by Gasteiger charge is 2.25. The minimum absolute atomic E-state index is 0.361. The predicted molar refractivity (Wildman–Crippen MR) is 80.0 cm³/mol. The number of rotatable bonds is 2. The van der Waals surface area contributed by atoms with Gasteiger partial charge in [0.2, 0.25) is 0 Å². The van der Waals surface area contributed by atoms with Crippen LogP contribution in [-0.4, -0.2) is 5.11 Å². The second kappa shape index (κ2) is 5.81. The largest absolute Gasteiger partial charge is 0.508 e. The fraction of sp³-hybridized carbons (Fsp3) is 0.556. The van der Waals surface area contributed by atoms with Crippen molar-refractivity contribution in [3.8, 4) is 5.75 Å². The molecular formula is C18H24O. The Labute approximate surface area is 116 Å². The van der Waals surface area contributed by atoms with Crippen molar-refractivity contribution in [2.75, 3.05) is 0 Å². The Bertz CT molecular complexity index is 437. The fourth-order valence-corrected chi connectivity index (χ4v) is 3.83. The number of allylic oxidation sites excluding steroid dienone is 2. The van der Waals surface area contributed by atoms with Crippen LogP contribution in [0.25, 0.3) is 5.57 Å². The average Bonchev–Trinajstić information content (AvgIpc) is 2.49. The molecule has 1 unspecified atom stereocenters. The van der Waals surface area contributed by atoms with Gasteiger partial charge in [0.25, 0.3) is 0 Å². The second-order valence-corrected chi connectivity index (χ2v) is 6.21. The lowest BCUT2D eigenvalue weighted by Gasteiger charge is -2.32. The maximum atomic E-state index is 9.35. The van der Waals surface area contributed by atoms with Crippen LogP contribution >= 0.6 is 0 Å². The molecule has 0 heterocycles. The smallest absolute Gasteiger partial charge is 0.115 e. The third-order valence-electron chi connectivity index (χ3n) is 5.01. The van der Waals surface area contributed by atoms with E-state index in [-0.39, 0.29) is 0 Å². The number of phenols is 1. The van der Waals surface area contributed by atoms with Gasteiger partial charge in [0.05, 0.1) is 0 Å². The first-order valence-electron chi connectivity index (χ1n) is 7.81. The monoisotopic (exact) mass is 256 g/mol. The molecule has 1 heteroatoms. The molecule has 2 aliphatic rings. The van der Waals surface area contributed by atoms with Crippen molar-refractivity contribution in [3.63, 3.8) is 0 Å². The summed E-state index contributed by atoms with van der Waals surface area (Å²) in [6.07, 6.45) is 13.6. The minimum atomic E-state index is 0.361. The number of benzene rings is 1. The quantitative estimate of drug-likeness (QED) is 0.775. The summed E-state index contributed by atoms with van der Waals surface area (Å²) < 4.78 is 0. The molecule has 0 saturated heterocycles. The SMILES string of the molecule is Oc1ccc(C2=CCC(C3CCCCC3)CC2)cc1. The molecule has 102 valence electrons. The fourth-order valence-electron chi connectivity index (χ4n) is 3.83. The molecule has 0 aliphatic heterocycles. The Kier molecular flexibility index (Phi) is 3.91. The third-order valence-corrected chi connectivity index (χ3v) is 5.01. The Morgan fingerprint density at radius 1 is 0.842 bits per heavy atom. The zero-order valence-electron chi connectivity index (χ0n) is 11.6. The lowest BCUT2D eigenvalue weighted by Crippen LogP contribution is -2.19. The molecule has 2 aliphatic carbocycles. The van der Waals surface area contributed by atoms with Crippen LogP contribution in [0, 0.1) is 11.8 Å². The summed E-state index contributed by atoms with van der Waals surface area (Å²) in [6, 6.07) is 7.68. The van der Waals surface area contributed by atoms with Crippen molar-refractivity contribution in [2.24, 2.45) is 11.8 Å². The summed E-state index contributed by atoms with van der Waals surface area (Å²) in [4.78, 5) is 0. The highest BCUT2D eigenvalue weighted by Crippen LogP contribution is 2.39. The van der Waals surface area contributed by atoms with Gasteiger partial charge in [0.15, 0.2) is 0 Å². The van der Waals surface area contributed by atoms with Crippen molar-refractivity contribution in [1.29, 1.82) is 0 Å². The summed E-state index contributed by atoms with van der Waals surface area (Å²) in [5.74, 6) is 2.28. The Balaban J connectivity index is 1.64. The van der Waals surface area contributed by atoms with Crippen LogP contribution in [0.2, 0.25) is 0 Å². The summed E-state index contributed by atoms with van der Waals surface area (Å²) in [5.41, 5.74) is 2.77. The standard InChI is InChI=1S/C18H24O/c19-18-12-10-17(11-13-18)16-8-6-15(7-9-16)14-4-2-1-3-5-14/h8,10-15,19H,1-7,9H2. The van der Waals surface area contributed by atoms with Crippen LogP contribution in [-0.2, 0) is 0 Å².